The summed E-state index contributed by atoms with van der Waals surface area (Å²) in [5.41, 5.74) is 3.18. The minimum absolute atomic E-state index is 0.452. The maximum absolute atomic E-state index is 9.98. The molecule has 2 aromatic heterocycles. The van der Waals surface area contributed by atoms with Gasteiger partial charge in [-0.25, -0.2) is 0 Å². The lowest BCUT2D eigenvalue weighted by molar-refractivity contribution is 0.175. The van der Waals surface area contributed by atoms with E-state index in [2.05, 4.69) is 21.6 Å². The molecular weight excluding hydrogens is 258 g/mol. The topological polar surface area (TPSA) is 60.9 Å². The molecule has 0 saturated carbocycles. The second-order valence-electron chi connectivity index (χ2n) is 4.45. The van der Waals surface area contributed by atoms with Gasteiger partial charge in [0.2, 0.25) is 0 Å². The van der Waals surface area contributed by atoms with E-state index in [1.807, 2.05) is 35.2 Å². The first-order valence-electron chi connectivity index (χ1n) is 6.16. The first-order chi connectivity index (χ1) is 9.34. The number of aromatic amines is 1. The molecule has 3 N–H and O–H groups in total. The van der Waals surface area contributed by atoms with E-state index in [1.54, 1.807) is 11.3 Å². The van der Waals surface area contributed by atoms with E-state index in [9.17, 15) is 5.11 Å². The number of aliphatic hydroxyl groups excluding tert-OH is 1. The molecule has 0 aliphatic heterocycles. The summed E-state index contributed by atoms with van der Waals surface area (Å²) in [4.78, 5) is 0. The Balaban J connectivity index is 1.62. The molecule has 19 heavy (non-hydrogen) atoms. The lowest BCUT2D eigenvalue weighted by Crippen LogP contribution is -2.20. The highest BCUT2D eigenvalue weighted by Gasteiger charge is 2.08. The summed E-state index contributed by atoms with van der Waals surface area (Å²) in [6.07, 6.45) is 1.37. The van der Waals surface area contributed by atoms with Crippen LogP contribution in [0.25, 0.3) is 10.9 Å². The van der Waals surface area contributed by atoms with Gasteiger partial charge in [0.15, 0.2) is 0 Å². The third kappa shape index (κ3) is 2.68. The number of aromatic nitrogens is 2. The molecule has 0 amide bonds. The number of H-pyrrole nitrogens is 1. The number of hydrogen-bond donors (Lipinski definition) is 3. The molecule has 0 aliphatic rings. The summed E-state index contributed by atoms with van der Waals surface area (Å²) in [6.45, 7) is 1.25. The Hall–Kier alpha value is -1.69. The minimum Gasteiger partial charge on any atom is -0.387 e. The van der Waals surface area contributed by atoms with Gasteiger partial charge in [-0.2, -0.15) is 16.4 Å². The van der Waals surface area contributed by atoms with Gasteiger partial charge in [-0.3, -0.25) is 5.10 Å². The largest absolute Gasteiger partial charge is 0.387 e. The van der Waals surface area contributed by atoms with Crippen LogP contribution in [0.15, 0.2) is 41.2 Å². The van der Waals surface area contributed by atoms with Gasteiger partial charge in [0.1, 0.15) is 0 Å². The predicted molar refractivity (Wildman–Crippen MR) is 77.1 cm³/mol. The van der Waals surface area contributed by atoms with Gasteiger partial charge in [0, 0.05) is 18.5 Å². The third-order valence-corrected chi connectivity index (χ3v) is 3.85. The Labute approximate surface area is 115 Å². The average molecular weight is 273 g/mol. The Morgan fingerprint density at radius 3 is 3.16 bits per heavy atom. The SMILES string of the molecule is OC(CNCc1cccc2cn[nH]c12)c1ccsc1. The molecule has 98 valence electrons. The van der Waals surface area contributed by atoms with E-state index in [0.29, 0.717) is 13.1 Å². The van der Waals surface area contributed by atoms with Gasteiger partial charge >= 0.3 is 0 Å². The smallest absolute Gasteiger partial charge is 0.0922 e. The molecule has 3 rings (SSSR count). The Morgan fingerprint density at radius 1 is 1.37 bits per heavy atom. The molecule has 5 heteroatoms. The normalized spacial score (nSPS) is 12.9. The van der Waals surface area contributed by atoms with E-state index in [4.69, 9.17) is 0 Å². The van der Waals surface area contributed by atoms with Crippen molar-refractivity contribution in [3.63, 3.8) is 0 Å². The second kappa shape index (κ2) is 5.52. The third-order valence-electron chi connectivity index (χ3n) is 3.14. The van der Waals surface area contributed by atoms with Crippen LogP contribution >= 0.6 is 11.3 Å². The van der Waals surface area contributed by atoms with Crippen LogP contribution in [-0.4, -0.2) is 21.8 Å². The van der Waals surface area contributed by atoms with Crippen molar-refractivity contribution in [3.05, 3.63) is 52.3 Å². The number of fused-ring (bicyclic) bond motifs is 1. The molecule has 2 heterocycles. The molecule has 1 aromatic carbocycles. The molecule has 4 nitrogen and oxygen atoms in total. The highest BCUT2D eigenvalue weighted by atomic mass is 32.1. The molecular formula is C14H15N3OS. The number of thiophene rings is 1. The molecule has 1 unspecified atom stereocenters. The second-order valence-corrected chi connectivity index (χ2v) is 5.23. The van der Waals surface area contributed by atoms with Crippen molar-refractivity contribution in [3.8, 4) is 0 Å². The molecule has 3 aromatic rings. The van der Waals surface area contributed by atoms with Crippen LogP contribution < -0.4 is 5.32 Å². The highest BCUT2D eigenvalue weighted by molar-refractivity contribution is 7.07. The van der Waals surface area contributed by atoms with Crippen molar-refractivity contribution in [2.45, 2.75) is 12.6 Å². The van der Waals surface area contributed by atoms with Crippen molar-refractivity contribution in [2.75, 3.05) is 6.54 Å². The standard InChI is InChI=1S/C14H15N3OS/c18-13(12-4-5-19-9-12)8-15-6-10-2-1-3-11-7-16-17-14(10)11/h1-5,7,9,13,15,18H,6,8H2,(H,16,17). The van der Waals surface area contributed by atoms with Gasteiger partial charge < -0.3 is 10.4 Å². The van der Waals surface area contributed by atoms with E-state index in [1.165, 1.54) is 0 Å². The maximum atomic E-state index is 9.98. The lowest BCUT2D eigenvalue weighted by atomic mass is 10.1. The summed E-state index contributed by atoms with van der Waals surface area (Å²) >= 11 is 1.60. The van der Waals surface area contributed by atoms with Crippen LogP contribution in [0.2, 0.25) is 0 Å². The summed E-state index contributed by atoms with van der Waals surface area (Å²) in [5, 5.41) is 25.4. The summed E-state index contributed by atoms with van der Waals surface area (Å²) in [5.74, 6) is 0. The summed E-state index contributed by atoms with van der Waals surface area (Å²) in [7, 11) is 0. The zero-order chi connectivity index (χ0) is 13.1. The van der Waals surface area contributed by atoms with Gasteiger partial charge in [-0.15, -0.1) is 0 Å². The molecule has 0 fully saturated rings. The molecule has 0 aliphatic carbocycles. The van der Waals surface area contributed by atoms with Gasteiger partial charge in [0.05, 0.1) is 17.8 Å². The van der Waals surface area contributed by atoms with Gasteiger partial charge in [0.25, 0.3) is 0 Å². The van der Waals surface area contributed by atoms with Crippen molar-refractivity contribution >= 4 is 22.2 Å². The van der Waals surface area contributed by atoms with Crippen LogP contribution in [0.4, 0.5) is 0 Å². The fourth-order valence-corrected chi connectivity index (χ4v) is 2.81. The fraction of sp³-hybridized carbons (Fsp3) is 0.214. The number of nitrogens with zero attached hydrogens (tertiary/aromatic N) is 1. The van der Waals surface area contributed by atoms with Crippen molar-refractivity contribution < 1.29 is 5.11 Å². The predicted octanol–water partition coefficient (Wildman–Crippen LogP) is 2.45. The molecule has 0 saturated heterocycles. The Morgan fingerprint density at radius 2 is 2.32 bits per heavy atom. The number of aliphatic hydroxyl groups is 1. The quantitative estimate of drug-likeness (QED) is 0.669. The zero-order valence-corrected chi connectivity index (χ0v) is 11.2. The average Bonchev–Trinajstić information content (AvgIpc) is 3.10. The maximum Gasteiger partial charge on any atom is 0.0922 e. The fourth-order valence-electron chi connectivity index (χ4n) is 2.10. The van der Waals surface area contributed by atoms with Crippen LogP contribution in [-0.2, 0) is 6.54 Å². The van der Waals surface area contributed by atoms with E-state index < -0.39 is 6.10 Å². The van der Waals surface area contributed by atoms with E-state index >= 15 is 0 Å². The lowest BCUT2D eigenvalue weighted by Gasteiger charge is -2.10. The van der Waals surface area contributed by atoms with Gasteiger partial charge in [-0.05, 0) is 28.0 Å². The molecule has 1 atom stereocenters. The number of hydrogen-bond acceptors (Lipinski definition) is 4. The van der Waals surface area contributed by atoms with Gasteiger partial charge in [-0.1, -0.05) is 18.2 Å². The Kier molecular flexibility index (Phi) is 3.59. The van der Waals surface area contributed by atoms with Crippen molar-refractivity contribution in [1.29, 1.82) is 0 Å². The summed E-state index contributed by atoms with van der Waals surface area (Å²) < 4.78 is 0. The van der Waals surface area contributed by atoms with Crippen molar-refractivity contribution in [2.24, 2.45) is 0 Å². The van der Waals surface area contributed by atoms with E-state index in [-0.39, 0.29) is 0 Å². The summed E-state index contributed by atoms with van der Waals surface area (Å²) in [6, 6.07) is 8.06. The number of para-hydroxylation sites is 1. The van der Waals surface area contributed by atoms with Crippen LogP contribution in [0.5, 0.6) is 0 Å². The first-order valence-corrected chi connectivity index (χ1v) is 7.11. The van der Waals surface area contributed by atoms with Crippen molar-refractivity contribution in [1.82, 2.24) is 15.5 Å². The number of nitrogens with one attached hydrogen (secondary N) is 2. The monoisotopic (exact) mass is 273 g/mol. The molecule has 0 radical (unpaired) electrons. The van der Waals surface area contributed by atoms with Crippen LogP contribution in [0.1, 0.15) is 17.2 Å². The number of rotatable bonds is 5. The molecule has 0 spiro atoms. The number of benzene rings is 1. The van der Waals surface area contributed by atoms with E-state index in [0.717, 1.165) is 22.0 Å². The first kappa shape index (κ1) is 12.3. The Bertz CT molecular complexity index is 648. The molecule has 0 bridgehead atoms. The van der Waals surface area contributed by atoms with Crippen LogP contribution in [0, 0.1) is 0 Å². The highest BCUT2D eigenvalue weighted by Crippen LogP contribution is 2.17. The zero-order valence-electron chi connectivity index (χ0n) is 10.3. The van der Waals surface area contributed by atoms with Crippen LogP contribution in [0.3, 0.4) is 0 Å². The minimum atomic E-state index is -0.452.